The first kappa shape index (κ1) is 17.5. The van der Waals surface area contributed by atoms with E-state index in [0.29, 0.717) is 5.56 Å². The zero-order valence-electron chi connectivity index (χ0n) is 14.3. The maximum atomic E-state index is 12.3. The molecule has 23 heavy (non-hydrogen) atoms. The monoisotopic (exact) mass is 317 g/mol. The largest absolute Gasteiger partial charge is 0.343 e. The van der Waals surface area contributed by atoms with E-state index >= 15 is 0 Å². The SMILES string of the molecule is CC(C)(C)N1CCCN(C(=O)CNC(=O)c2ccccc2)CC1. The van der Waals surface area contributed by atoms with E-state index in [4.69, 9.17) is 0 Å². The molecule has 0 radical (unpaired) electrons. The van der Waals surface area contributed by atoms with E-state index in [9.17, 15) is 9.59 Å². The highest BCUT2D eigenvalue weighted by molar-refractivity contribution is 5.96. The average Bonchev–Trinajstić information content (AvgIpc) is 2.79. The van der Waals surface area contributed by atoms with Crippen molar-refractivity contribution in [3.63, 3.8) is 0 Å². The minimum absolute atomic E-state index is 0.00922. The first-order valence-corrected chi connectivity index (χ1v) is 8.24. The van der Waals surface area contributed by atoms with Gasteiger partial charge in [0.15, 0.2) is 0 Å². The second-order valence-electron chi connectivity index (χ2n) is 6.94. The Balaban J connectivity index is 1.83. The Bertz CT molecular complexity index is 537. The summed E-state index contributed by atoms with van der Waals surface area (Å²) in [5.41, 5.74) is 0.704. The van der Waals surface area contributed by atoms with E-state index in [2.05, 4.69) is 31.0 Å². The van der Waals surface area contributed by atoms with E-state index in [0.717, 1.165) is 32.6 Å². The van der Waals surface area contributed by atoms with Crippen LogP contribution in [0.4, 0.5) is 0 Å². The summed E-state index contributed by atoms with van der Waals surface area (Å²) in [4.78, 5) is 28.6. The van der Waals surface area contributed by atoms with Crippen LogP contribution in [0.15, 0.2) is 30.3 Å². The van der Waals surface area contributed by atoms with E-state index in [1.165, 1.54) is 0 Å². The Morgan fingerprint density at radius 3 is 2.39 bits per heavy atom. The lowest BCUT2D eigenvalue weighted by molar-refractivity contribution is -0.130. The van der Waals surface area contributed by atoms with E-state index in [1.54, 1.807) is 12.1 Å². The molecule has 2 amide bonds. The van der Waals surface area contributed by atoms with Crippen molar-refractivity contribution in [3.8, 4) is 0 Å². The number of carbonyl (C=O) groups is 2. The Hall–Kier alpha value is -1.88. The second-order valence-corrected chi connectivity index (χ2v) is 6.94. The lowest BCUT2D eigenvalue weighted by Gasteiger charge is -2.34. The molecule has 0 atom stereocenters. The zero-order chi connectivity index (χ0) is 16.9. The molecule has 5 heteroatoms. The van der Waals surface area contributed by atoms with Crippen LogP contribution >= 0.6 is 0 Å². The number of nitrogens with one attached hydrogen (secondary N) is 1. The van der Waals surface area contributed by atoms with E-state index < -0.39 is 0 Å². The van der Waals surface area contributed by atoms with Gasteiger partial charge in [0.05, 0.1) is 6.54 Å². The third kappa shape index (κ3) is 5.06. The number of benzene rings is 1. The van der Waals surface area contributed by atoms with Crippen LogP contribution in [0.5, 0.6) is 0 Å². The van der Waals surface area contributed by atoms with Gasteiger partial charge in [0, 0.05) is 37.3 Å². The highest BCUT2D eigenvalue weighted by atomic mass is 16.2. The molecule has 0 saturated carbocycles. The van der Waals surface area contributed by atoms with Gasteiger partial charge in [-0.2, -0.15) is 0 Å². The van der Waals surface area contributed by atoms with Crippen LogP contribution in [0.3, 0.4) is 0 Å². The summed E-state index contributed by atoms with van der Waals surface area (Å²) in [6.07, 6.45) is 0.968. The van der Waals surface area contributed by atoms with Gasteiger partial charge in [-0.05, 0) is 39.3 Å². The van der Waals surface area contributed by atoms with E-state index in [1.807, 2.05) is 23.1 Å². The normalized spacial score (nSPS) is 16.7. The predicted molar refractivity (Wildman–Crippen MR) is 91.3 cm³/mol. The summed E-state index contributed by atoms with van der Waals surface area (Å²) in [6, 6.07) is 8.97. The van der Waals surface area contributed by atoms with Gasteiger partial charge in [0.1, 0.15) is 0 Å². The van der Waals surface area contributed by atoms with Crippen LogP contribution in [0, 0.1) is 0 Å². The van der Waals surface area contributed by atoms with Gasteiger partial charge in [0.2, 0.25) is 5.91 Å². The van der Waals surface area contributed by atoms with Crippen LogP contribution in [0.2, 0.25) is 0 Å². The Morgan fingerprint density at radius 2 is 1.74 bits per heavy atom. The number of hydrogen-bond acceptors (Lipinski definition) is 3. The molecule has 1 saturated heterocycles. The third-order valence-corrected chi connectivity index (χ3v) is 4.23. The molecule has 5 nitrogen and oxygen atoms in total. The Kier molecular flexibility index (Phi) is 5.77. The van der Waals surface area contributed by atoms with Gasteiger partial charge >= 0.3 is 0 Å². The van der Waals surface area contributed by atoms with Crippen LogP contribution in [-0.2, 0) is 4.79 Å². The minimum Gasteiger partial charge on any atom is -0.343 e. The van der Waals surface area contributed by atoms with E-state index in [-0.39, 0.29) is 23.9 Å². The third-order valence-electron chi connectivity index (χ3n) is 4.23. The first-order chi connectivity index (χ1) is 10.9. The van der Waals surface area contributed by atoms with Gasteiger partial charge in [-0.3, -0.25) is 14.5 Å². The molecule has 1 aliphatic heterocycles. The smallest absolute Gasteiger partial charge is 0.251 e. The lowest BCUT2D eigenvalue weighted by atomic mass is 10.1. The van der Waals surface area contributed by atoms with Gasteiger partial charge < -0.3 is 10.2 Å². The molecule has 1 aromatic carbocycles. The van der Waals surface area contributed by atoms with Crippen LogP contribution < -0.4 is 5.32 Å². The van der Waals surface area contributed by atoms with Crippen LogP contribution in [0.1, 0.15) is 37.6 Å². The summed E-state index contributed by atoms with van der Waals surface area (Å²) < 4.78 is 0. The highest BCUT2D eigenvalue weighted by Gasteiger charge is 2.25. The first-order valence-electron chi connectivity index (χ1n) is 8.24. The van der Waals surface area contributed by atoms with Crippen molar-refractivity contribution in [2.24, 2.45) is 0 Å². The molecule has 0 aromatic heterocycles. The lowest BCUT2D eigenvalue weighted by Crippen LogP contribution is -2.45. The summed E-state index contributed by atoms with van der Waals surface area (Å²) in [7, 11) is 0. The summed E-state index contributed by atoms with van der Waals surface area (Å²) in [5, 5.41) is 2.71. The van der Waals surface area contributed by atoms with Gasteiger partial charge in [-0.1, -0.05) is 18.2 Å². The minimum atomic E-state index is -0.204. The van der Waals surface area contributed by atoms with Crippen molar-refractivity contribution in [3.05, 3.63) is 35.9 Å². The van der Waals surface area contributed by atoms with Gasteiger partial charge in [-0.25, -0.2) is 0 Å². The Labute approximate surface area is 138 Å². The van der Waals surface area contributed by atoms with Crippen LogP contribution in [-0.4, -0.2) is 59.9 Å². The molecule has 126 valence electrons. The number of carbonyl (C=O) groups excluding carboxylic acids is 2. The number of amides is 2. The Morgan fingerprint density at radius 1 is 1.04 bits per heavy atom. The molecule has 1 fully saturated rings. The zero-order valence-corrected chi connectivity index (χ0v) is 14.3. The van der Waals surface area contributed by atoms with Crippen molar-refractivity contribution < 1.29 is 9.59 Å². The molecular formula is C18H27N3O2. The molecule has 1 N–H and O–H groups in total. The maximum absolute atomic E-state index is 12.3. The molecular weight excluding hydrogens is 290 g/mol. The van der Waals surface area contributed by atoms with Gasteiger partial charge in [0.25, 0.3) is 5.91 Å². The quantitative estimate of drug-likeness (QED) is 0.924. The highest BCUT2D eigenvalue weighted by Crippen LogP contribution is 2.16. The summed E-state index contributed by atoms with van der Waals surface area (Å²) >= 11 is 0. The molecule has 0 spiro atoms. The van der Waals surface area contributed by atoms with Crippen LogP contribution in [0.25, 0.3) is 0 Å². The molecule has 1 heterocycles. The fourth-order valence-electron chi connectivity index (χ4n) is 2.80. The average molecular weight is 317 g/mol. The van der Waals surface area contributed by atoms with Crippen molar-refractivity contribution in [1.29, 1.82) is 0 Å². The van der Waals surface area contributed by atoms with Crippen molar-refractivity contribution in [1.82, 2.24) is 15.1 Å². The fourth-order valence-corrected chi connectivity index (χ4v) is 2.80. The standard InChI is InChI=1S/C18H27N3O2/c1-18(2,3)21-11-7-10-20(12-13-21)16(22)14-19-17(23)15-8-5-4-6-9-15/h4-6,8-9H,7,10-14H2,1-3H3,(H,19,23). The fraction of sp³-hybridized carbons (Fsp3) is 0.556. The van der Waals surface area contributed by atoms with Crippen molar-refractivity contribution in [2.45, 2.75) is 32.7 Å². The molecule has 0 unspecified atom stereocenters. The molecule has 2 rings (SSSR count). The predicted octanol–water partition coefficient (Wildman–Crippen LogP) is 1.75. The van der Waals surface area contributed by atoms with Gasteiger partial charge in [-0.15, -0.1) is 0 Å². The topological polar surface area (TPSA) is 52.6 Å². The van der Waals surface area contributed by atoms with Crippen molar-refractivity contribution in [2.75, 3.05) is 32.7 Å². The molecule has 0 aliphatic carbocycles. The number of nitrogens with zero attached hydrogens (tertiary/aromatic N) is 2. The van der Waals surface area contributed by atoms with Crippen molar-refractivity contribution >= 4 is 11.8 Å². The number of hydrogen-bond donors (Lipinski definition) is 1. The molecule has 1 aromatic rings. The maximum Gasteiger partial charge on any atom is 0.251 e. The molecule has 0 bridgehead atoms. The second kappa shape index (κ2) is 7.59. The summed E-state index contributed by atoms with van der Waals surface area (Å²) in [6.45, 7) is 10.0. The number of rotatable bonds is 3. The summed E-state index contributed by atoms with van der Waals surface area (Å²) in [5.74, 6) is -0.213. The molecule has 1 aliphatic rings.